The molecule has 0 aliphatic rings. The minimum absolute atomic E-state index is 0.0686. The number of rotatable bonds is 5. The third-order valence-corrected chi connectivity index (χ3v) is 2.85. The summed E-state index contributed by atoms with van der Waals surface area (Å²) in [6, 6.07) is 2.83. The molecular weight excluding hydrogens is 282 g/mol. The number of nitrogens with one attached hydrogen (secondary N) is 2. The molecule has 0 radical (unpaired) electrons. The van der Waals surface area contributed by atoms with Gasteiger partial charge in [-0.25, -0.2) is 4.98 Å². The van der Waals surface area contributed by atoms with Crippen molar-refractivity contribution in [2.45, 2.75) is 13.5 Å². The SMILES string of the molecule is CCOc1cc(C(=O)NCc2ncc[nH]2)cc(Cl)c1O. The van der Waals surface area contributed by atoms with E-state index in [0.29, 0.717) is 18.0 Å². The van der Waals surface area contributed by atoms with Gasteiger partial charge < -0.3 is 20.1 Å². The first-order chi connectivity index (χ1) is 9.61. The summed E-state index contributed by atoms with van der Waals surface area (Å²) in [7, 11) is 0. The van der Waals surface area contributed by atoms with Gasteiger partial charge in [0.05, 0.1) is 18.2 Å². The number of benzene rings is 1. The van der Waals surface area contributed by atoms with E-state index in [1.807, 2.05) is 0 Å². The van der Waals surface area contributed by atoms with E-state index in [2.05, 4.69) is 15.3 Å². The number of imidazole rings is 1. The number of H-pyrrole nitrogens is 1. The lowest BCUT2D eigenvalue weighted by Gasteiger charge is -2.10. The van der Waals surface area contributed by atoms with Crippen molar-refractivity contribution in [2.75, 3.05) is 6.61 Å². The summed E-state index contributed by atoms with van der Waals surface area (Å²) in [6.07, 6.45) is 3.28. The summed E-state index contributed by atoms with van der Waals surface area (Å²) in [5.74, 6) is 0.330. The number of ether oxygens (including phenoxy) is 1. The summed E-state index contributed by atoms with van der Waals surface area (Å²) < 4.78 is 5.23. The molecule has 7 heteroatoms. The van der Waals surface area contributed by atoms with Crippen LogP contribution in [0.4, 0.5) is 0 Å². The fraction of sp³-hybridized carbons (Fsp3) is 0.231. The van der Waals surface area contributed by atoms with Crippen molar-refractivity contribution < 1.29 is 14.6 Å². The number of halogens is 1. The van der Waals surface area contributed by atoms with E-state index in [-0.39, 0.29) is 29.0 Å². The number of nitrogens with zero attached hydrogens (tertiary/aromatic N) is 1. The molecule has 1 aromatic carbocycles. The zero-order valence-corrected chi connectivity index (χ0v) is 11.6. The lowest BCUT2D eigenvalue weighted by molar-refractivity contribution is 0.0949. The van der Waals surface area contributed by atoms with Crippen molar-refractivity contribution in [1.82, 2.24) is 15.3 Å². The zero-order chi connectivity index (χ0) is 14.5. The lowest BCUT2D eigenvalue weighted by atomic mass is 10.2. The van der Waals surface area contributed by atoms with Gasteiger partial charge in [0.1, 0.15) is 5.82 Å². The van der Waals surface area contributed by atoms with Gasteiger partial charge in [-0.1, -0.05) is 11.6 Å². The van der Waals surface area contributed by atoms with Crippen LogP contribution in [0.3, 0.4) is 0 Å². The van der Waals surface area contributed by atoms with Crippen LogP contribution in [-0.2, 0) is 6.54 Å². The highest BCUT2D eigenvalue weighted by Gasteiger charge is 2.14. The number of carbonyl (C=O) groups excluding carboxylic acids is 1. The number of phenolic OH excluding ortho intramolecular Hbond substituents is 1. The van der Waals surface area contributed by atoms with E-state index in [9.17, 15) is 9.90 Å². The predicted octanol–water partition coefficient (Wildman–Crippen LogP) is 2.10. The Morgan fingerprint density at radius 1 is 1.55 bits per heavy atom. The molecule has 0 bridgehead atoms. The molecule has 0 aliphatic heterocycles. The average Bonchev–Trinajstić information content (AvgIpc) is 2.94. The summed E-state index contributed by atoms with van der Waals surface area (Å²) in [5.41, 5.74) is 0.308. The number of aromatic nitrogens is 2. The van der Waals surface area contributed by atoms with Crippen molar-refractivity contribution >= 4 is 17.5 Å². The molecule has 1 heterocycles. The first-order valence-corrected chi connectivity index (χ1v) is 6.41. The summed E-state index contributed by atoms with van der Waals surface area (Å²) >= 11 is 5.87. The number of phenols is 1. The molecule has 1 aromatic heterocycles. The van der Waals surface area contributed by atoms with Gasteiger partial charge in [-0.05, 0) is 19.1 Å². The Morgan fingerprint density at radius 2 is 2.35 bits per heavy atom. The normalized spacial score (nSPS) is 10.3. The predicted molar refractivity (Wildman–Crippen MR) is 74.0 cm³/mol. The summed E-state index contributed by atoms with van der Waals surface area (Å²) in [5, 5.41) is 12.5. The number of hydrogen-bond donors (Lipinski definition) is 3. The summed E-state index contributed by atoms with van der Waals surface area (Å²) in [6.45, 7) is 2.41. The fourth-order valence-corrected chi connectivity index (χ4v) is 1.84. The molecule has 0 saturated heterocycles. The lowest BCUT2D eigenvalue weighted by Crippen LogP contribution is -2.23. The number of carbonyl (C=O) groups is 1. The molecular formula is C13H14ClN3O3. The van der Waals surface area contributed by atoms with Crippen molar-refractivity contribution in [3.05, 3.63) is 40.9 Å². The molecule has 2 aromatic rings. The van der Waals surface area contributed by atoms with Crippen molar-refractivity contribution in [3.63, 3.8) is 0 Å². The van der Waals surface area contributed by atoms with Gasteiger partial charge in [0.2, 0.25) is 0 Å². The monoisotopic (exact) mass is 295 g/mol. The zero-order valence-electron chi connectivity index (χ0n) is 10.8. The largest absolute Gasteiger partial charge is 0.503 e. The van der Waals surface area contributed by atoms with Crippen molar-refractivity contribution in [2.24, 2.45) is 0 Å². The second-order valence-electron chi connectivity index (χ2n) is 3.96. The molecule has 6 nitrogen and oxygen atoms in total. The van der Waals surface area contributed by atoms with Gasteiger partial charge in [-0.15, -0.1) is 0 Å². The number of aromatic amines is 1. The standard InChI is InChI=1S/C13H14ClN3O3/c1-2-20-10-6-8(5-9(14)12(10)18)13(19)17-7-11-15-3-4-16-11/h3-6,18H,2,7H2,1H3,(H,15,16)(H,17,19). The Hall–Kier alpha value is -2.21. The molecule has 0 spiro atoms. The number of hydrogen-bond acceptors (Lipinski definition) is 4. The van der Waals surface area contributed by atoms with Crippen LogP contribution in [0.15, 0.2) is 24.5 Å². The maximum Gasteiger partial charge on any atom is 0.251 e. The molecule has 106 valence electrons. The van der Waals surface area contributed by atoms with E-state index in [1.54, 1.807) is 19.3 Å². The maximum absolute atomic E-state index is 12.0. The van der Waals surface area contributed by atoms with Crippen LogP contribution in [0.5, 0.6) is 11.5 Å². The first kappa shape index (κ1) is 14.2. The van der Waals surface area contributed by atoms with Crippen molar-refractivity contribution in [3.8, 4) is 11.5 Å². The van der Waals surface area contributed by atoms with Gasteiger partial charge in [-0.2, -0.15) is 0 Å². The molecule has 0 unspecified atom stereocenters. The highest BCUT2D eigenvalue weighted by molar-refractivity contribution is 6.32. The Bertz CT molecular complexity index is 599. The van der Waals surface area contributed by atoms with Gasteiger partial charge >= 0.3 is 0 Å². The van der Waals surface area contributed by atoms with Crippen LogP contribution in [0.1, 0.15) is 23.1 Å². The second kappa shape index (κ2) is 6.29. The third kappa shape index (κ3) is 3.21. The average molecular weight is 296 g/mol. The minimum atomic E-state index is -0.329. The Kier molecular flexibility index (Phi) is 4.47. The molecule has 1 amide bonds. The quantitative estimate of drug-likeness (QED) is 0.788. The van der Waals surface area contributed by atoms with E-state index in [1.165, 1.54) is 12.1 Å². The molecule has 20 heavy (non-hydrogen) atoms. The topological polar surface area (TPSA) is 87.2 Å². The molecule has 0 aliphatic carbocycles. The van der Waals surface area contributed by atoms with Crippen LogP contribution in [0.25, 0.3) is 0 Å². The minimum Gasteiger partial charge on any atom is -0.503 e. The number of aromatic hydroxyl groups is 1. The second-order valence-corrected chi connectivity index (χ2v) is 4.36. The van der Waals surface area contributed by atoms with Gasteiger partial charge in [-0.3, -0.25) is 4.79 Å². The Morgan fingerprint density at radius 3 is 3.00 bits per heavy atom. The Balaban J connectivity index is 2.13. The first-order valence-electron chi connectivity index (χ1n) is 6.03. The molecule has 3 N–H and O–H groups in total. The van der Waals surface area contributed by atoms with Gasteiger partial charge in [0, 0.05) is 18.0 Å². The van der Waals surface area contributed by atoms with Gasteiger partial charge in [0.15, 0.2) is 11.5 Å². The molecule has 0 saturated carbocycles. The summed E-state index contributed by atoms with van der Waals surface area (Å²) in [4.78, 5) is 18.9. The number of amides is 1. The van der Waals surface area contributed by atoms with Crippen molar-refractivity contribution in [1.29, 1.82) is 0 Å². The van der Waals surface area contributed by atoms with Crippen LogP contribution in [-0.4, -0.2) is 27.6 Å². The smallest absolute Gasteiger partial charge is 0.251 e. The van der Waals surface area contributed by atoms with E-state index < -0.39 is 0 Å². The Labute approximate surface area is 120 Å². The van der Waals surface area contributed by atoms with Crippen LogP contribution < -0.4 is 10.1 Å². The fourth-order valence-electron chi connectivity index (χ4n) is 1.63. The van der Waals surface area contributed by atoms with E-state index in [0.717, 1.165) is 0 Å². The highest BCUT2D eigenvalue weighted by atomic mass is 35.5. The van der Waals surface area contributed by atoms with Crippen LogP contribution >= 0.6 is 11.6 Å². The highest BCUT2D eigenvalue weighted by Crippen LogP contribution is 2.35. The van der Waals surface area contributed by atoms with E-state index in [4.69, 9.17) is 16.3 Å². The molecule has 0 fully saturated rings. The molecule has 2 rings (SSSR count). The van der Waals surface area contributed by atoms with Crippen LogP contribution in [0.2, 0.25) is 5.02 Å². The maximum atomic E-state index is 12.0. The molecule has 0 atom stereocenters. The third-order valence-electron chi connectivity index (χ3n) is 2.56. The van der Waals surface area contributed by atoms with Crippen LogP contribution in [0, 0.1) is 0 Å². The van der Waals surface area contributed by atoms with Gasteiger partial charge in [0.25, 0.3) is 5.91 Å². The van der Waals surface area contributed by atoms with E-state index >= 15 is 0 Å².